The second-order valence-corrected chi connectivity index (χ2v) is 19.6. The molecule has 0 radical (unpaired) electrons. The highest BCUT2D eigenvalue weighted by molar-refractivity contribution is 7.91. The smallest absolute Gasteiger partial charge is 0.287 e. The maximum absolute atomic E-state index is 15.0. The number of methoxy groups -OCH3 is 1. The first-order valence-corrected chi connectivity index (χ1v) is 23.5. The van der Waals surface area contributed by atoms with Crippen LogP contribution in [0.2, 0.25) is 0 Å². The van der Waals surface area contributed by atoms with Crippen LogP contribution in [0.3, 0.4) is 0 Å². The Hall–Kier alpha value is -6.47. The SMILES string of the molecule is COc1ccc2c(O[C@@H]3C[C@H]4C(=O)N[C@@]5(C(=O)NS(=O)(=O)C6CC6)CC5/C=C\COc5cccc(c5)C[C@@H](NC(=O)c5ccco5)C(=O)N4C3)cc(-c3csc(NC(C)C)n3)nc2c1. The van der Waals surface area contributed by atoms with Gasteiger partial charge in [-0.2, -0.15) is 0 Å². The largest absolute Gasteiger partial charge is 0.497 e. The van der Waals surface area contributed by atoms with Crippen molar-refractivity contribution in [2.24, 2.45) is 5.92 Å². The summed E-state index contributed by atoms with van der Waals surface area (Å²) in [6.07, 6.45) is 4.99. The Morgan fingerprint density at radius 1 is 1.05 bits per heavy atom. The first kappa shape index (κ1) is 42.8. The summed E-state index contributed by atoms with van der Waals surface area (Å²) in [6, 6.07) is 15.0. The number of nitrogens with zero attached hydrogens (tertiary/aromatic N) is 3. The number of carbonyl (C=O) groups excluding carboxylic acids is 4. The maximum atomic E-state index is 15.0. The summed E-state index contributed by atoms with van der Waals surface area (Å²) >= 11 is 1.44. The fraction of sp³-hybridized carbons (Fsp3) is 0.378. The third kappa shape index (κ3) is 8.99. The second kappa shape index (κ2) is 17.2. The fourth-order valence-corrected chi connectivity index (χ4v) is 10.4. The molecule has 9 rings (SSSR count). The van der Waals surface area contributed by atoms with E-state index in [9.17, 15) is 22.8 Å². The molecule has 5 atom stereocenters. The van der Waals surface area contributed by atoms with Gasteiger partial charge in [0.05, 0.1) is 36.4 Å². The number of sulfonamides is 1. The minimum absolute atomic E-state index is 0.0150. The van der Waals surface area contributed by atoms with E-state index in [1.54, 1.807) is 61.7 Å². The van der Waals surface area contributed by atoms with E-state index in [4.69, 9.17) is 28.6 Å². The molecule has 1 unspecified atom stereocenters. The van der Waals surface area contributed by atoms with Gasteiger partial charge in [-0.05, 0) is 75.1 Å². The highest BCUT2D eigenvalue weighted by Crippen LogP contribution is 2.46. The van der Waals surface area contributed by atoms with E-state index in [2.05, 4.69) is 20.7 Å². The molecule has 0 spiro atoms. The van der Waals surface area contributed by atoms with Crippen LogP contribution in [0, 0.1) is 5.92 Å². The van der Waals surface area contributed by atoms with Crippen molar-refractivity contribution >= 4 is 61.0 Å². The molecule has 4 N–H and O–H groups in total. The molecule has 19 heteroatoms. The second-order valence-electron chi connectivity index (χ2n) is 16.7. The van der Waals surface area contributed by atoms with Crippen LogP contribution in [0.5, 0.6) is 17.2 Å². The van der Waals surface area contributed by atoms with Crippen LogP contribution < -0.4 is 34.9 Å². The number of anilines is 1. The van der Waals surface area contributed by atoms with E-state index in [1.807, 2.05) is 31.4 Å². The van der Waals surface area contributed by atoms with Crippen LogP contribution in [0.15, 0.2) is 88.9 Å². The lowest BCUT2D eigenvalue weighted by atomic mass is 10.0. The lowest BCUT2D eigenvalue weighted by Crippen LogP contribution is -2.58. The van der Waals surface area contributed by atoms with E-state index in [0.29, 0.717) is 57.9 Å². The molecule has 64 heavy (non-hydrogen) atoms. The van der Waals surface area contributed by atoms with Gasteiger partial charge in [-0.15, -0.1) is 11.3 Å². The number of carbonyl (C=O) groups is 4. The number of pyridine rings is 1. The number of aromatic nitrogens is 2. The number of nitrogens with one attached hydrogen (secondary N) is 4. The monoisotopic (exact) mass is 909 g/mol. The Kier molecular flexibility index (Phi) is 11.5. The number of benzene rings is 2. The number of hydrogen-bond donors (Lipinski definition) is 4. The molecule has 2 aliphatic heterocycles. The molecular weight excluding hydrogens is 863 g/mol. The van der Waals surface area contributed by atoms with Crippen molar-refractivity contribution in [2.75, 3.05) is 25.6 Å². The molecule has 4 amide bonds. The fourth-order valence-electron chi connectivity index (χ4n) is 8.16. The predicted octanol–water partition coefficient (Wildman–Crippen LogP) is 4.60. The summed E-state index contributed by atoms with van der Waals surface area (Å²) in [7, 11) is -2.41. The third-order valence-corrected chi connectivity index (χ3v) is 14.3. The molecular formula is C45H47N7O10S2. The van der Waals surface area contributed by atoms with Crippen molar-refractivity contribution in [2.45, 2.75) is 81.0 Å². The molecule has 4 aliphatic rings. The van der Waals surface area contributed by atoms with Crippen LogP contribution >= 0.6 is 11.3 Å². The molecule has 2 aliphatic carbocycles. The summed E-state index contributed by atoms with van der Waals surface area (Å²) in [5.74, 6) is -1.88. The van der Waals surface area contributed by atoms with E-state index in [1.165, 1.54) is 28.6 Å². The van der Waals surface area contributed by atoms with Gasteiger partial charge in [0, 0.05) is 47.7 Å². The summed E-state index contributed by atoms with van der Waals surface area (Å²) in [5, 5.41) is 11.6. The van der Waals surface area contributed by atoms with Crippen molar-refractivity contribution in [3.63, 3.8) is 0 Å². The summed E-state index contributed by atoms with van der Waals surface area (Å²) in [4.78, 5) is 68.4. The van der Waals surface area contributed by atoms with Crippen LogP contribution in [-0.4, -0.2) is 102 Å². The predicted molar refractivity (Wildman–Crippen MR) is 237 cm³/mol. The number of amides is 4. The summed E-state index contributed by atoms with van der Waals surface area (Å²) in [6.45, 7) is 4.05. The third-order valence-electron chi connectivity index (χ3n) is 11.7. The Labute approximate surface area is 373 Å². The molecule has 2 saturated carbocycles. The summed E-state index contributed by atoms with van der Waals surface area (Å²) < 4.78 is 51.9. The quantitative estimate of drug-likeness (QED) is 0.133. The number of rotatable bonds is 11. The highest BCUT2D eigenvalue weighted by atomic mass is 32.2. The molecule has 3 aromatic heterocycles. The standard InChI is InChI=1S/C45H47N7O10S2/c1-25(2)46-44-49-36(24-63-44)34-21-39(32-14-11-28(59-3)19-33(32)47-34)62-30-20-37-40(53)50-45(43(56)51-64(57,58)31-12-13-31)22-27(45)8-5-15-60-29-9-4-7-26(17-29)18-35(42(55)52(37)23-30)48-41(54)38-10-6-16-61-38/h4-11,14,16-17,19,21,24-25,27,30-31,35,37H,12-13,15,18,20,22-23H2,1-3H3,(H,46,49)(H,48,54)(H,50,53)(H,51,56)/b8-5-/t27?,30-,35-,37+,45+/m1/s1. The Morgan fingerprint density at radius 3 is 2.66 bits per heavy atom. The van der Waals surface area contributed by atoms with Crippen molar-refractivity contribution in [1.29, 1.82) is 0 Å². The van der Waals surface area contributed by atoms with Gasteiger partial charge < -0.3 is 39.5 Å². The number of furan rings is 1. The number of thiazole rings is 1. The highest BCUT2D eigenvalue weighted by Gasteiger charge is 2.62. The van der Waals surface area contributed by atoms with Gasteiger partial charge in [-0.25, -0.2) is 18.4 Å². The molecule has 2 aromatic carbocycles. The molecule has 3 fully saturated rings. The zero-order valence-corrected chi connectivity index (χ0v) is 36.9. The first-order valence-electron chi connectivity index (χ1n) is 21.1. The number of hydrogen-bond acceptors (Lipinski definition) is 14. The van der Waals surface area contributed by atoms with Crippen molar-refractivity contribution in [3.8, 4) is 28.6 Å². The van der Waals surface area contributed by atoms with Gasteiger partial charge in [-0.1, -0.05) is 24.3 Å². The molecule has 5 heterocycles. The summed E-state index contributed by atoms with van der Waals surface area (Å²) in [5.41, 5.74) is 0.741. The van der Waals surface area contributed by atoms with Crippen LogP contribution in [-0.2, 0) is 30.8 Å². The van der Waals surface area contributed by atoms with Gasteiger partial charge in [0.2, 0.25) is 21.8 Å². The van der Waals surface area contributed by atoms with Crippen molar-refractivity contribution in [3.05, 3.63) is 95.8 Å². The number of fused-ring (bicyclic) bond motifs is 5. The van der Waals surface area contributed by atoms with Crippen LogP contribution in [0.4, 0.5) is 5.13 Å². The van der Waals surface area contributed by atoms with E-state index in [0.717, 1.165) is 5.13 Å². The van der Waals surface area contributed by atoms with Gasteiger partial charge >= 0.3 is 0 Å². The normalized spacial score (nSPS) is 23.9. The molecule has 17 nitrogen and oxygen atoms in total. The minimum Gasteiger partial charge on any atom is -0.497 e. The van der Waals surface area contributed by atoms with E-state index >= 15 is 4.79 Å². The maximum Gasteiger partial charge on any atom is 0.287 e. The molecule has 2 bridgehead atoms. The van der Waals surface area contributed by atoms with Crippen LogP contribution in [0.25, 0.3) is 22.3 Å². The Balaban J connectivity index is 1.09. The Bertz CT molecular complexity index is 2750. The van der Waals surface area contributed by atoms with Gasteiger partial charge in [0.25, 0.3) is 11.8 Å². The molecule has 334 valence electrons. The average Bonchev–Trinajstić information content (AvgIpc) is 4.03. The van der Waals surface area contributed by atoms with E-state index < -0.39 is 68.5 Å². The van der Waals surface area contributed by atoms with Gasteiger partial charge in [0.1, 0.15) is 53.3 Å². The number of ether oxygens (including phenoxy) is 3. The first-order chi connectivity index (χ1) is 30.8. The lowest BCUT2D eigenvalue weighted by Gasteiger charge is -2.30. The molecule has 1 saturated heterocycles. The van der Waals surface area contributed by atoms with Crippen molar-refractivity contribution < 1.29 is 46.2 Å². The van der Waals surface area contributed by atoms with Gasteiger partial charge in [-0.3, -0.25) is 23.9 Å². The zero-order chi connectivity index (χ0) is 44.8. The topological polar surface area (TPSA) is 220 Å². The van der Waals surface area contributed by atoms with Crippen molar-refractivity contribution in [1.82, 2.24) is 30.2 Å². The lowest BCUT2D eigenvalue weighted by molar-refractivity contribution is -0.141. The van der Waals surface area contributed by atoms with E-state index in [-0.39, 0.29) is 44.2 Å². The zero-order valence-electron chi connectivity index (χ0n) is 35.2. The molecule has 5 aromatic rings. The minimum atomic E-state index is -3.97. The average molecular weight is 910 g/mol. The van der Waals surface area contributed by atoms with Gasteiger partial charge in [0.15, 0.2) is 10.9 Å². The Morgan fingerprint density at radius 2 is 1.89 bits per heavy atom. The van der Waals surface area contributed by atoms with Crippen LogP contribution in [0.1, 0.15) is 55.6 Å².